The molecule has 0 aromatic carbocycles. The van der Waals surface area contributed by atoms with Gasteiger partial charge in [0.1, 0.15) is 0 Å². The highest BCUT2D eigenvalue weighted by Gasteiger charge is 2.10. The molecule has 2 rings (SSSR count). The van der Waals surface area contributed by atoms with Crippen LogP contribution in [0.15, 0.2) is 0 Å². The third-order valence-electron chi connectivity index (χ3n) is 3.17. The zero-order valence-electron chi connectivity index (χ0n) is 12.8. The molecule has 0 aliphatic carbocycles. The van der Waals surface area contributed by atoms with E-state index in [9.17, 15) is 0 Å². The second-order valence-electron chi connectivity index (χ2n) is 4.73. The average molecular weight is 296 g/mol. The summed E-state index contributed by atoms with van der Waals surface area (Å²) in [4.78, 5) is 15.0. The summed E-state index contributed by atoms with van der Waals surface area (Å²) in [6.07, 6.45) is 1.03. The molecule has 2 N–H and O–H groups in total. The molecular weight excluding hydrogens is 272 g/mol. The summed E-state index contributed by atoms with van der Waals surface area (Å²) in [6, 6.07) is 0.316. The minimum absolute atomic E-state index is 0.316. The SMILES string of the molecule is CCNc1nc(NCCCN2CCOCC2)nc(OC)n1. The van der Waals surface area contributed by atoms with Gasteiger partial charge >= 0.3 is 6.01 Å². The third-order valence-corrected chi connectivity index (χ3v) is 3.17. The lowest BCUT2D eigenvalue weighted by molar-refractivity contribution is 0.0378. The Kier molecular flexibility index (Phi) is 6.42. The fourth-order valence-electron chi connectivity index (χ4n) is 2.09. The van der Waals surface area contributed by atoms with Gasteiger partial charge in [-0.3, -0.25) is 4.90 Å². The monoisotopic (exact) mass is 296 g/mol. The number of rotatable bonds is 8. The molecule has 21 heavy (non-hydrogen) atoms. The molecule has 8 nitrogen and oxygen atoms in total. The molecule has 0 saturated carbocycles. The standard InChI is InChI=1S/C13H24N6O2/c1-3-14-11-16-12(18-13(17-11)20-2)15-5-4-6-19-7-9-21-10-8-19/h3-10H2,1-2H3,(H2,14,15,16,17,18). The van der Waals surface area contributed by atoms with Crippen LogP contribution in [0, 0.1) is 0 Å². The molecule has 0 spiro atoms. The molecule has 1 saturated heterocycles. The van der Waals surface area contributed by atoms with E-state index in [0.29, 0.717) is 17.9 Å². The summed E-state index contributed by atoms with van der Waals surface area (Å²) in [5.41, 5.74) is 0. The molecule has 118 valence electrons. The number of methoxy groups -OCH3 is 1. The van der Waals surface area contributed by atoms with Crippen molar-refractivity contribution >= 4 is 11.9 Å². The quantitative estimate of drug-likeness (QED) is 0.669. The maximum absolute atomic E-state index is 5.33. The minimum Gasteiger partial charge on any atom is -0.467 e. The van der Waals surface area contributed by atoms with Crippen molar-refractivity contribution in [3.05, 3.63) is 0 Å². The smallest absolute Gasteiger partial charge is 0.322 e. The normalized spacial score (nSPS) is 15.7. The van der Waals surface area contributed by atoms with Crippen LogP contribution in [0.4, 0.5) is 11.9 Å². The van der Waals surface area contributed by atoms with E-state index in [-0.39, 0.29) is 0 Å². The summed E-state index contributed by atoms with van der Waals surface area (Å²) >= 11 is 0. The molecule has 0 amide bonds. The molecule has 1 aliphatic rings. The van der Waals surface area contributed by atoms with Crippen LogP contribution < -0.4 is 15.4 Å². The molecule has 1 aliphatic heterocycles. The van der Waals surface area contributed by atoms with E-state index in [1.807, 2.05) is 6.92 Å². The van der Waals surface area contributed by atoms with Crippen molar-refractivity contribution in [3.8, 4) is 6.01 Å². The van der Waals surface area contributed by atoms with Crippen LogP contribution >= 0.6 is 0 Å². The van der Waals surface area contributed by atoms with Gasteiger partial charge in [0.05, 0.1) is 20.3 Å². The van der Waals surface area contributed by atoms with E-state index in [2.05, 4.69) is 30.5 Å². The topological polar surface area (TPSA) is 84.4 Å². The Morgan fingerprint density at radius 1 is 1.14 bits per heavy atom. The first-order valence-electron chi connectivity index (χ1n) is 7.39. The largest absolute Gasteiger partial charge is 0.467 e. The van der Waals surface area contributed by atoms with Gasteiger partial charge in [-0.05, 0) is 19.9 Å². The van der Waals surface area contributed by atoms with E-state index >= 15 is 0 Å². The van der Waals surface area contributed by atoms with Crippen molar-refractivity contribution in [2.45, 2.75) is 13.3 Å². The van der Waals surface area contributed by atoms with Crippen LogP contribution in [0.3, 0.4) is 0 Å². The first-order valence-corrected chi connectivity index (χ1v) is 7.39. The van der Waals surface area contributed by atoms with E-state index in [1.165, 1.54) is 0 Å². The molecular formula is C13H24N6O2. The van der Waals surface area contributed by atoms with Crippen LogP contribution in [0.2, 0.25) is 0 Å². The first-order chi connectivity index (χ1) is 10.3. The molecule has 0 unspecified atom stereocenters. The molecule has 0 bridgehead atoms. The van der Waals surface area contributed by atoms with Crippen molar-refractivity contribution in [1.29, 1.82) is 0 Å². The van der Waals surface area contributed by atoms with Gasteiger partial charge < -0.3 is 20.1 Å². The molecule has 2 heterocycles. The van der Waals surface area contributed by atoms with E-state index < -0.39 is 0 Å². The molecule has 1 fully saturated rings. The number of hydrogen-bond donors (Lipinski definition) is 2. The van der Waals surface area contributed by atoms with E-state index in [4.69, 9.17) is 9.47 Å². The number of nitrogens with zero attached hydrogens (tertiary/aromatic N) is 4. The third kappa shape index (κ3) is 5.31. The van der Waals surface area contributed by atoms with Gasteiger partial charge in [0.15, 0.2) is 0 Å². The van der Waals surface area contributed by atoms with Crippen molar-refractivity contribution in [2.24, 2.45) is 0 Å². The lowest BCUT2D eigenvalue weighted by Gasteiger charge is -2.26. The van der Waals surface area contributed by atoms with Gasteiger partial charge in [-0.15, -0.1) is 0 Å². The summed E-state index contributed by atoms with van der Waals surface area (Å²) in [6.45, 7) is 8.33. The van der Waals surface area contributed by atoms with Gasteiger partial charge in [0.2, 0.25) is 11.9 Å². The minimum atomic E-state index is 0.316. The fourth-order valence-corrected chi connectivity index (χ4v) is 2.09. The van der Waals surface area contributed by atoms with Gasteiger partial charge in [-0.2, -0.15) is 15.0 Å². The molecule has 1 aromatic rings. The number of aromatic nitrogens is 3. The number of ether oxygens (including phenoxy) is 2. The highest BCUT2D eigenvalue weighted by atomic mass is 16.5. The number of nitrogens with one attached hydrogen (secondary N) is 2. The van der Waals surface area contributed by atoms with Gasteiger partial charge in [-0.25, -0.2) is 0 Å². The Hall–Kier alpha value is -1.67. The zero-order chi connectivity index (χ0) is 14.9. The number of hydrogen-bond acceptors (Lipinski definition) is 8. The number of morpholine rings is 1. The molecule has 0 radical (unpaired) electrons. The Morgan fingerprint density at radius 2 is 1.86 bits per heavy atom. The fraction of sp³-hybridized carbons (Fsp3) is 0.769. The summed E-state index contributed by atoms with van der Waals surface area (Å²) in [5, 5.41) is 6.28. The van der Waals surface area contributed by atoms with E-state index in [0.717, 1.165) is 52.4 Å². The highest BCUT2D eigenvalue weighted by Crippen LogP contribution is 2.10. The predicted octanol–water partition coefficient (Wildman–Crippen LogP) is 0.446. The molecule has 0 atom stereocenters. The van der Waals surface area contributed by atoms with Crippen LogP contribution in [0.5, 0.6) is 6.01 Å². The van der Waals surface area contributed by atoms with Gasteiger partial charge in [0, 0.05) is 26.2 Å². The summed E-state index contributed by atoms with van der Waals surface area (Å²) in [7, 11) is 1.55. The van der Waals surface area contributed by atoms with Gasteiger partial charge in [-0.1, -0.05) is 0 Å². The Bertz CT molecular complexity index is 425. The second kappa shape index (κ2) is 8.58. The maximum Gasteiger partial charge on any atom is 0.322 e. The Labute approximate surface area is 125 Å². The first kappa shape index (κ1) is 15.7. The molecule has 1 aromatic heterocycles. The van der Waals surface area contributed by atoms with Gasteiger partial charge in [0.25, 0.3) is 0 Å². The summed E-state index contributed by atoms with van der Waals surface area (Å²) in [5.74, 6) is 1.07. The summed E-state index contributed by atoms with van der Waals surface area (Å²) < 4.78 is 10.4. The Balaban J connectivity index is 1.77. The zero-order valence-corrected chi connectivity index (χ0v) is 12.8. The van der Waals surface area contributed by atoms with Crippen LogP contribution in [-0.2, 0) is 4.74 Å². The highest BCUT2D eigenvalue weighted by molar-refractivity contribution is 5.35. The van der Waals surface area contributed by atoms with Crippen LogP contribution in [-0.4, -0.2) is 72.9 Å². The average Bonchev–Trinajstić information content (AvgIpc) is 2.53. The van der Waals surface area contributed by atoms with Crippen molar-refractivity contribution in [1.82, 2.24) is 19.9 Å². The van der Waals surface area contributed by atoms with E-state index in [1.54, 1.807) is 7.11 Å². The second-order valence-corrected chi connectivity index (χ2v) is 4.73. The number of anilines is 2. The lowest BCUT2D eigenvalue weighted by Crippen LogP contribution is -2.37. The van der Waals surface area contributed by atoms with Crippen molar-refractivity contribution in [2.75, 3.05) is 63.7 Å². The Morgan fingerprint density at radius 3 is 2.52 bits per heavy atom. The van der Waals surface area contributed by atoms with Crippen molar-refractivity contribution in [3.63, 3.8) is 0 Å². The predicted molar refractivity (Wildman–Crippen MR) is 80.9 cm³/mol. The van der Waals surface area contributed by atoms with Crippen molar-refractivity contribution < 1.29 is 9.47 Å². The maximum atomic E-state index is 5.33. The van der Waals surface area contributed by atoms with Crippen LogP contribution in [0.1, 0.15) is 13.3 Å². The lowest BCUT2D eigenvalue weighted by atomic mass is 10.3. The molecule has 8 heteroatoms. The van der Waals surface area contributed by atoms with Crippen LogP contribution in [0.25, 0.3) is 0 Å².